The van der Waals surface area contributed by atoms with Gasteiger partial charge in [-0.05, 0) is 16.7 Å². The number of rotatable bonds is 8. The quantitative estimate of drug-likeness (QED) is 0.283. The highest BCUT2D eigenvalue weighted by molar-refractivity contribution is 5.81. The van der Waals surface area contributed by atoms with Crippen LogP contribution in [0.4, 0.5) is 4.79 Å². The van der Waals surface area contributed by atoms with Crippen molar-refractivity contribution in [3.8, 4) is 0 Å². The van der Waals surface area contributed by atoms with Gasteiger partial charge in [0.2, 0.25) is 0 Å². The number of carboxylic acid groups (broad SMARTS) is 1. The first-order chi connectivity index (χ1) is 12.6. The number of hydrogen-bond donors (Lipinski definition) is 5. The second-order valence-corrected chi connectivity index (χ2v) is 5.58. The lowest BCUT2D eigenvalue weighted by atomic mass is 10.1. The van der Waals surface area contributed by atoms with E-state index in [1.165, 1.54) is 5.48 Å². The molecule has 0 aliphatic heterocycles. The van der Waals surface area contributed by atoms with Crippen molar-refractivity contribution >= 4 is 24.2 Å². The van der Waals surface area contributed by atoms with Crippen molar-refractivity contribution in [2.75, 3.05) is 6.54 Å². The normalized spacial score (nSPS) is 11.9. The minimum absolute atomic E-state index is 0.153. The van der Waals surface area contributed by atoms with Gasteiger partial charge < -0.3 is 15.7 Å². The first-order valence-electron chi connectivity index (χ1n) is 8.04. The number of hydroxylamine groups is 1. The Morgan fingerprint density at radius 1 is 0.962 bits per heavy atom. The van der Waals surface area contributed by atoms with Crippen LogP contribution in [0.2, 0.25) is 0 Å². The molecule has 26 heavy (non-hydrogen) atoms. The van der Waals surface area contributed by atoms with Gasteiger partial charge in [0.15, 0.2) is 0 Å². The van der Waals surface area contributed by atoms with Crippen molar-refractivity contribution in [2.45, 2.75) is 12.6 Å². The maximum absolute atomic E-state index is 11.6. The van der Waals surface area contributed by atoms with Crippen molar-refractivity contribution < 1.29 is 19.9 Å². The average molecular weight is 355 g/mol. The summed E-state index contributed by atoms with van der Waals surface area (Å²) < 4.78 is 0. The summed E-state index contributed by atoms with van der Waals surface area (Å²) in [4.78, 5) is 22.1. The van der Waals surface area contributed by atoms with Crippen LogP contribution in [0.1, 0.15) is 16.7 Å². The molecule has 0 aromatic heterocycles. The van der Waals surface area contributed by atoms with E-state index in [0.717, 1.165) is 16.7 Å². The molecule has 5 N–H and O–H groups in total. The molecule has 0 bridgehead atoms. The van der Waals surface area contributed by atoms with Crippen LogP contribution >= 0.6 is 0 Å². The van der Waals surface area contributed by atoms with Gasteiger partial charge in [0.05, 0.1) is 0 Å². The molecule has 7 heteroatoms. The minimum atomic E-state index is -1.24. The third-order valence-electron chi connectivity index (χ3n) is 3.68. The fraction of sp³-hybridized carbons (Fsp3) is 0.158. The average Bonchev–Trinajstić information content (AvgIpc) is 2.67. The number of carbonyl (C=O) groups excluding carboxylic acids is 1. The molecule has 0 spiro atoms. The molecule has 0 aliphatic carbocycles. The minimum Gasteiger partial charge on any atom is -0.465 e. The van der Waals surface area contributed by atoms with Gasteiger partial charge in [0.25, 0.3) is 5.91 Å². The molecule has 1 unspecified atom stereocenters. The first kappa shape index (κ1) is 19.2. The Bertz CT molecular complexity index is 745. The van der Waals surface area contributed by atoms with E-state index in [1.807, 2.05) is 66.7 Å². The predicted molar refractivity (Wildman–Crippen MR) is 98.4 cm³/mol. The van der Waals surface area contributed by atoms with Crippen LogP contribution in [0, 0.1) is 0 Å². The van der Waals surface area contributed by atoms with E-state index in [2.05, 4.69) is 10.6 Å². The van der Waals surface area contributed by atoms with Crippen molar-refractivity contribution in [2.24, 2.45) is 0 Å². The lowest BCUT2D eigenvalue weighted by molar-refractivity contribution is -0.131. The number of nitrogens with one attached hydrogen (secondary N) is 3. The molecule has 0 radical (unpaired) electrons. The van der Waals surface area contributed by atoms with E-state index in [4.69, 9.17) is 10.3 Å². The molecule has 0 fully saturated rings. The van der Waals surface area contributed by atoms with Crippen LogP contribution in [-0.2, 0) is 11.3 Å². The molecular formula is C19H21N3O4. The second kappa shape index (κ2) is 9.97. The van der Waals surface area contributed by atoms with E-state index in [0.29, 0.717) is 6.54 Å². The second-order valence-electron chi connectivity index (χ2n) is 5.58. The summed E-state index contributed by atoms with van der Waals surface area (Å²) in [5.41, 5.74) is 4.60. The van der Waals surface area contributed by atoms with Gasteiger partial charge in [0, 0.05) is 13.1 Å². The van der Waals surface area contributed by atoms with Crippen molar-refractivity contribution in [3.05, 3.63) is 71.3 Å². The smallest absolute Gasteiger partial charge is 0.404 e. The largest absolute Gasteiger partial charge is 0.465 e. The number of hydrogen-bond acceptors (Lipinski definition) is 4. The van der Waals surface area contributed by atoms with Crippen LogP contribution in [0.5, 0.6) is 0 Å². The van der Waals surface area contributed by atoms with Gasteiger partial charge in [-0.3, -0.25) is 10.0 Å². The first-order valence-corrected chi connectivity index (χ1v) is 8.04. The molecule has 2 rings (SSSR count). The molecule has 136 valence electrons. The molecule has 2 aromatic rings. The fourth-order valence-corrected chi connectivity index (χ4v) is 2.27. The fourth-order valence-electron chi connectivity index (χ4n) is 2.27. The Labute approximate surface area is 151 Å². The third-order valence-corrected chi connectivity index (χ3v) is 3.68. The highest BCUT2D eigenvalue weighted by Crippen LogP contribution is 2.10. The number of benzene rings is 2. The number of carbonyl (C=O) groups is 2. The molecule has 7 nitrogen and oxygen atoms in total. The van der Waals surface area contributed by atoms with Gasteiger partial charge in [-0.25, -0.2) is 10.3 Å². The van der Waals surface area contributed by atoms with E-state index in [-0.39, 0.29) is 6.54 Å². The van der Waals surface area contributed by atoms with E-state index < -0.39 is 18.0 Å². The van der Waals surface area contributed by atoms with Crippen molar-refractivity contribution in [3.63, 3.8) is 0 Å². The third kappa shape index (κ3) is 6.39. The van der Waals surface area contributed by atoms with Gasteiger partial charge in [-0.2, -0.15) is 0 Å². The van der Waals surface area contributed by atoms with E-state index in [9.17, 15) is 9.59 Å². The van der Waals surface area contributed by atoms with Crippen LogP contribution < -0.4 is 16.1 Å². The van der Waals surface area contributed by atoms with E-state index in [1.54, 1.807) is 0 Å². The zero-order valence-electron chi connectivity index (χ0n) is 14.1. The molecule has 1 atom stereocenters. The van der Waals surface area contributed by atoms with Gasteiger partial charge >= 0.3 is 6.09 Å². The van der Waals surface area contributed by atoms with Gasteiger partial charge in [-0.15, -0.1) is 0 Å². The summed E-state index contributed by atoms with van der Waals surface area (Å²) in [7, 11) is 0. The Balaban J connectivity index is 1.91. The Morgan fingerprint density at radius 3 is 2.15 bits per heavy atom. The van der Waals surface area contributed by atoms with Gasteiger partial charge in [-0.1, -0.05) is 66.7 Å². The highest BCUT2D eigenvalue weighted by Gasteiger charge is 2.17. The van der Waals surface area contributed by atoms with Crippen LogP contribution in [0.3, 0.4) is 0 Å². The Hall–Kier alpha value is -3.16. The van der Waals surface area contributed by atoms with Crippen molar-refractivity contribution in [1.29, 1.82) is 0 Å². The lowest BCUT2D eigenvalue weighted by Gasteiger charge is -2.16. The monoisotopic (exact) mass is 355 g/mol. The summed E-state index contributed by atoms with van der Waals surface area (Å²) >= 11 is 0. The summed E-state index contributed by atoms with van der Waals surface area (Å²) in [5.74, 6) is -0.707. The molecule has 0 aliphatic rings. The van der Waals surface area contributed by atoms with Crippen LogP contribution in [-0.4, -0.2) is 34.9 Å². The maximum Gasteiger partial charge on any atom is 0.404 e. The number of amides is 2. The van der Waals surface area contributed by atoms with Crippen LogP contribution in [0.25, 0.3) is 12.2 Å². The molecule has 0 saturated heterocycles. The SMILES string of the molecule is O=C(O)NCC(NCc1ccc(C=Cc2ccccc2)cc1)C(=O)NO. The molecule has 2 amide bonds. The zero-order chi connectivity index (χ0) is 18.8. The maximum atomic E-state index is 11.6. The molecular weight excluding hydrogens is 334 g/mol. The zero-order valence-corrected chi connectivity index (χ0v) is 14.1. The Kier molecular flexibility index (Phi) is 7.35. The Morgan fingerprint density at radius 2 is 1.58 bits per heavy atom. The molecule has 2 aromatic carbocycles. The lowest BCUT2D eigenvalue weighted by Crippen LogP contribution is -2.49. The topological polar surface area (TPSA) is 111 Å². The summed E-state index contributed by atoms with van der Waals surface area (Å²) in [6.07, 6.45) is 2.79. The van der Waals surface area contributed by atoms with Crippen molar-refractivity contribution in [1.82, 2.24) is 16.1 Å². The molecule has 0 saturated carbocycles. The summed E-state index contributed by atoms with van der Waals surface area (Å²) in [5, 5.41) is 22.4. The van der Waals surface area contributed by atoms with Crippen LogP contribution in [0.15, 0.2) is 54.6 Å². The highest BCUT2D eigenvalue weighted by atomic mass is 16.5. The summed E-state index contributed by atoms with van der Waals surface area (Å²) in [6.45, 7) is 0.196. The summed E-state index contributed by atoms with van der Waals surface area (Å²) in [6, 6.07) is 16.8. The molecule has 0 heterocycles. The predicted octanol–water partition coefficient (Wildman–Crippen LogP) is 2.09. The standard InChI is InChI=1S/C19H21N3O4/c23-18(22-26)17(13-21-19(24)25)20-12-16-10-8-15(9-11-16)7-6-14-4-2-1-3-5-14/h1-11,17,20-21,26H,12-13H2,(H,22,23)(H,24,25). The van der Waals surface area contributed by atoms with E-state index >= 15 is 0 Å². The van der Waals surface area contributed by atoms with Gasteiger partial charge in [0.1, 0.15) is 6.04 Å².